The van der Waals surface area contributed by atoms with Gasteiger partial charge in [0.05, 0.1) is 10.7 Å². The van der Waals surface area contributed by atoms with E-state index < -0.39 is 0 Å². The molecule has 0 aliphatic carbocycles. The Morgan fingerprint density at radius 3 is 1.90 bits per heavy atom. The first-order valence-electron chi connectivity index (χ1n) is 11.1. The maximum atomic E-state index is 6.65. The molecule has 2 unspecified atom stereocenters. The van der Waals surface area contributed by atoms with Crippen LogP contribution in [0.4, 0.5) is 5.69 Å². The molecule has 2 bridgehead atoms. The maximum Gasteiger partial charge on any atom is 0.0639 e. The third kappa shape index (κ3) is 3.53. The van der Waals surface area contributed by atoms with Gasteiger partial charge < -0.3 is 4.90 Å². The molecule has 3 fully saturated rings. The minimum Gasteiger partial charge on any atom is -0.369 e. The summed E-state index contributed by atoms with van der Waals surface area (Å²) in [5.41, 5.74) is 3.94. The number of benzene rings is 3. The maximum absolute atomic E-state index is 6.65. The lowest BCUT2D eigenvalue weighted by Gasteiger charge is -2.56. The van der Waals surface area contributed by atoms with Gasteiger partial charge >= 0.3 is 0 Å². The van der Waals surface area contributed by atoms with Crippen molar-refractivity contribution in [3.63, 3.8) is 0 Å². The predicted molar refractivity (Wildman–Crippen MR) is 126 cm³/mol. The van der Waals surface area contributed by atoms with Gasteiger partial charge in [0.25, 0.3) is 0 Å². The summed E-state index contributed by atoms with van der Waals surface area (Å²) in [6.45, 7) is 2.39. The van der Waals surface area contributed by atoms with Crippen LogP contribution in [0.3, 0.4) is 0 Å². The fourth-order valence-corrected chi connectivity index (χ4v) is 6.08. The van der Waals surface area contributed by atoms with Crippen molar-refractivity contribution in [2.24, 2.45) is 5.92 Å². The van der Waals surface area contributed by atoms with Crippen LogP contribution in [0.2, 0.25) is 5.02 Å². The Morgan fingerprint density at radius 2 is 1.33 bits per heavy atom. The van der Waals surface area contributed by atoms with Gasteiger partial charge in [0.15, 0.2) is 0 Å². The van der Waals surface area contributed by atoms with E-state index in [1.54, 1.807) is 0 Å². The van der Waals surface area contributed by atoms with E-state index >= 15 is 0 Å². The van der Waals surface area contributed by atoms with Gasteiger partial charge in [-0.25, -0.2) is 0 Å². The molecule has 3 heterocycles. The molecule has 0 amide bonds. The molecule has 2 nitrogen and oxygen atoms in total. The van der Waals surface area contributed by atoms with Crippen molar-refractivity contribution in [3.05, 3.63) is 101 Å². The number of para-hydroxylation sites is 1. The smallest absolute Gasteiger partial charge is 0.0639 e. The first-order chi connectivity index (χ1) is 14.7. The number of rotatable bonds is 5. The number of hydrogen-bond acceptors (Lipinski definition) is 2. The van der Waals surface area contributed by atoms with Crippen LogP contribution in [0.15, 0.2) is 84.9 Å². The molecule has 6 rings (SSSR count). The second kappa shape index (κ2) is 8.45. The van der Waals surface area contributed by atoms with Gasteiger partial charge in [-0.05, 0) is 55.1 Å². The van der Waals surface area contributed by atoms with Crippen LogP contribution in [0.1, 0.15) is 29.9 Å². The SMILES string of the molecule is CN(c1ccccc1Cl)C1C2CCN(CC2)C1C(c1ccccc1)c1ccccc1. The standard InChI is InChI=1S/C27H29ClN2/c1-29(24-15-9-8-14-23(24)28)26-22-16-18-30(19-17-22)27(26)25(20-10-4-2-5-11-20)21-12-6-3-7-13-21/h2-15,22,25-27H,16-19H2,1H3. The monoisotopic (exact) mass is 416 g/mol. The molecule has 30 heavy (non-hydrogen) atoms. The Morgan fingerprint density at radius 1 is 0.800 bits per heavy atom. The second-order valence-electron chi connectivity index (χ2n) is 8.72. The molecular formula is C27H29ClN2. The molecule has 3 aliphatic rings. The van der Waals surface area contributed by atoms with Crippen molar-refractivity contribution >= 4 is 17.3 Å². The summed E-state index contributed by atoms with van der Waals surface area (Å²) in [4.78, 5) is 5.21. The average molecular weight is 417 g/mol. The van der Waals surface area contributed by atoms with E-state index in [1.165, 1.54) is 37.1 Å². The van der Waals surface area contributed by atoms with Crippen molar-refractivity contribution in [3.8, 4) is 0 Å². The van der Waals surface area contributed by atoms with Crippen LogP contribution in [0.5, 0.6) is 0 Å². The largest absolute Gasteiger partial charge is 0.369 e. The molecule has 0 spiro atoms. The molecule has 3 aromatic rings. The Hall–Kier alpha value is -2.29. The average Bonchev–Trinajstić information content (AvgIpc) is 2.81. The Bertz CT molecular complexity index is 927. The van der Waals surface area contributed by atoms with E-state index in [0.717, 1.165) is 10.7 Å². The summed E-state index contributed by atoms with van der Waals surface area (Å²) in [5.74, 6) is 1.03. The lowest BCUT2D eigenvalue weighted by molar-refractivity contribution is 0.0186. The highest BCUT2D eigenvalue weighted by molar-refractivity contribution is 6.33. The van der Waals surface area contributed by atoms with Gasteiger partial charge in [-0.3, -0.25) is 4.90 Å². The summed E-state index contributed by atoms with van der Waals surface area (Å²) < 4.78 is 0. The normalized spacial score (nSPS) is 25.4. The van der Waals surface area contributed by atoms with Gasteiger partial charge in [0, 0.05) is 25.0 Å². The van der Waals surface area contributed by atoms with Crippen molar-refractivity contribution in [1.82, 2.24) is 4.90 Å². The Kier molecular flexibility index (Phi) is 5.54. The van der Waals surface area contributed by atoms with Crippen LogP contribution in [0, 0.1) is 5.92 Å². The highest BCUT2D eigenvalue weighted by Crippen LogP contribution is 2.45. The molecular weight excluding hydrogens is 388 g/mol. The van der Waals surface area contributed by atoms with E-state index in [0.29, 0.717) is 23.9 Å². The molecule has 3 aromatic carbocycles. The van der Waals surface area contributed by atoms with Crippen LogP contribution < -0.4 is 4.90 Å². The van der Waals surface area contributed by atoms with Gasteiger partial charge in [0.1, 0.15) is 0 Å². The van der Waals surface area contributed by atoms with Crippen LogP contribution in [-0.4, -0.2) is 37.1 Å². The fraction of sp³-hybridized carbons (Fsp3) is 0.333. The molecule has 0 radical (unpaired) electrons. The molecule has 3 saturated heterocycles. The zero-order valence-electron chi connectivity index (χ0n) is 17.5. The van der Waals surface area contributed by atoms with Crippen LogP contribution >= 0.6 is 11.6 Å². The highest BCUT2D eigenvalue weighted by Gasteiger charge is 2.48. The Balaban J connectivity index is 1.62. The molecule has 154 valence electrons. The molecule has 0 aromatic heterocycles. The summed E-state index contributed by atoms with van der Waals surface area (Å²) >= 11 is 6.65. The zero-order valence-corrected chi connectivity index (χ0v) is 18.2. The first kappa shape index (κ1) is 19.7. The first-order valence-corrected chi connectivity index (χ1v) is 11.4. The topological polar surface area (TPSA) is 6.48 Å². The van der Waals surface area contributed by atoms with Gasteiger partial charge in [-0.1, -0.05) is 84.4 Å². The summed E-state index contributed by atoms with van der Waals surface area (Å²) in [6.07, 6.45) is 2.54. The quantitative estimate of drug-likeness (QED) is 0.498. The highest BCUT2D eigenvalue weighted by atomic mass is 35.5. The van der Waals surface area contributed by atoms with E-state index in [4.69, 9.17) is 11.6 Å². The summed E-state index contributed by atoms with van der Waals surface area (Å²) in [6, 6.07) is 31.3. The van der Waals surface area contributed by atoms with Crippen LogP contribution in [-0.2, 0) is 0 Å². The predicted octanol–water partition coefficient (Wildman–Crippen LogP) is 6.07. The molecule has 3 aliphatic heterocycles. The lowest BCUT2D eigenvalue weighted by atomic mass is 9.70. The second-order valence-corrected chi connectivity index (χ2v) is 9.12. The van der Waals surface area contributed by atoms with Crippen molar-refractivity contribution in [2.45, 2.75) is 30.8 Å². The third-order valence-electron chi connectivity index (χ3n) is 7.17. The Labute approximate surface area is 185 Å². The van der Waals surface area contributed by atoms with E-state index in [2.05, 4.69) is 89.6 Å². The van der Waals surface area contributed by atoms with Gasteiger partial charge in [0.2, 0.25) is 0 Å². The number of fused-ring (bicyclic) bond motifs is 3. The minimum atomic E-state index is 0.338. The third-order valence-corrected chi connectivity index (χ3v) is 7.49. The number of likely N-dealkylation sites (N-methyl/N-ethyl adjacent to an activating group) is 1. The number of nitrogens with zero attached hydrogens (tertiary/aromatic N) is 2. The molecule has 0 saturated carbocycles. The molecule has 0 N–H and O–H groups in total. The van der Waals surface area contributed by atoms with Crippen molar-refractivity contribution in [1.29, 1.82) is 0 Å². The van der Waals surface area contributed by atoms with E-state index in [-0.39, 0.29) is 0 Å². The lowest BCUT2D eigenvalue weighted by Crippen LogP contribution is -2.65. The van der Waals surface area contributed by atoms with Crippen LogP contribution in [0.25, 0.3) is 0 Å². The van der Waals surface area contributed by atoms with E-state index in [9.17, 15) is 0 Å². The molecule has 2 atom stereocenters. The number of halogens is 1. The van der Waals surface area contributed by atoms with Crippen molar-refractivity contribution in [2.75, 3.05) is 25.0 Å². The molecule has 3 heteroatoms. The summed E-state index contributed by atoms with van der Waals surface area (Å²) in [7, 11) is 2.24. The zero-order chi connectivity index (χ0) is 20.5. The number of hydrogen-bond donors (Lipinski definition) is 0. The van der Waals surface area contributed by atoms with Crippen molar-refractivity contribution < 1.29 is 0 Å². The fourth-order valence-electron chi connectivity index (χ4n) is 5.81. The number of piperidine rings is 3. The van der Waals surface area contributed by atoms with E-state index in [1.807, 2.05) is 12.1 Å². The van der Waals surface area contributed by atoms with Gasteiger partial charge in [-0.15, -0.1) is 0 Å². The minimum absolute atomic E-state index is 0.338. The van der Waals surface area contributed by atoms with Gasteiger partial charge in [-0.2, -0.15) is 0 Å². The summed E-state index contributed by atoms with van der Waals surface area (Å²) in [5, 5.41) is 0.839. The number of anilines is 1.